The van der Waals surface area contributed by atoms with Crippen LogP contribution in [0.4, 0.5) is 0 Å². The van der Waals surface area contributed by atoms with E-state index in [0.29, 0.717) is 12.1 Å². The third kappa shape index (κ3) is 3.18. The van der Waals surface area contributed by atoms with E-state index in [1.807, 2.05) is 0 Å². The minimum absolute atomic E-state index is 0.0871. The number of aliphatic hydroxyl groups excluding tert-OH is 1. The lowest BCUT2D eigenvalue weighted by atomic mass is 9.85. The van der Waals surface area contributed by atoms with Crippen molar-refractivity contribution < 1.29 is 5.11 Å². The molecule has 0 aromatic carbocycles. The Labute approximate surface area is 93.5 Å². The molecular weight excluding hydrogens is 186 g/mol. The van der Waals surface area contributed by atoms with Gasteiger partial charge in [-0.25, -0.2) is 0 Å². The van der Waals surface area contributed by atoms with Crippen LogP contribution in [0.2, 0.25) is 0 Å². The van der Waals surface area contributed by atoms with Gasteiger partial charge in [0.1, 0.15) is 0 Å². The van der Waals surface area contributed by atoms with Crippen molar-refractivity contribution in [1.82, 2.24) is 5.32 Å². The quantitative estimate of drug-likeness (QED) is 0.735. The zero-order chi connectivity index (χ0) is 10.7. The van der Waals surface area contributed by atoms with Crippen LogP contribution < -0.4 is 5.32 Å². The Bertz CT molecular complexity index is 195. The van der Waals surface area contributed by atoms with Gasteiger partial charge >= 0.3 is 0 Å². The van der Waals surface area contributed by atoms with Gasteiger partial charge in [-0.1, -0.05) is 32.6 Å². The highest BCUT2D eigenvalue weighted by atomic mass is 16.3. The molecule has 2 aliphatic carbocycles. The first kappa shape index (κ1) is 11.4. The molecule has 0 aromatic heterocycles. The molecule has 15 heavy (non-hydrogen) atoms. The summed E-state index contributed by atoms with van der Waals surface area (Å²) in [4.78, 5) is 0. The molecule has 0 spiro atoms. The van der Waals surface area contributed by atoms with Gasteiger partial charge in [0, 0.05) is 12.1 Å². The molecule has 2 fully saturated rings. The van der Waals surface area contributed by atoms with Gasteiger partial charge in [0.15, 0.2) is 0 Å². The van der Waals surface area contributed by atoms with Gasteiger partial charge in [-0.3, -0.25) is 0 Å². The van der Waals surface area contributed by atoms with Crippen molar-refractivity contribution in [3.8, 4) is 0 Å². The Hall–Kier alpha value is -0.0800. The van der Waals surface area contributed by atoms with E-state index in [1.54, 1.807) is 0 Å². The van der Waals surface area contributed by atoms with Crippen LogP contribution in [-0.2, 0) is 0 Å². The lowest BCUT2D eigenvalue weighted by molar-refractivity contribution is 0.0793. The second-order valence-corrected chi connectivity index (χ2v) is 5.59. The number of nitrogens with one attached hydrogen (secondary N) is 1. The Morgan fingerprint density at radius 1 is 1.00 bits per heavy atom. The van der Waals surface area contributed by atoms with Gasteiger partial charge in [0.2, 0.25) is 0 Å². The van der Waals surface area contributed by atoms with E-state index in [9.17, 15) is 5.11 Å². The molecular formula is C13H25NO. The molecule has 0 unspecified atom stereocenters. The molecule has 0 radical (unpaired) electrons. The van der Waals surface area contributed by atoms with Crippen molar-refractivity contribution in [1.29, 1.82) is 0 Å². The molecule has 2 heteroatoms. The van der Waals surface area contributed by atoms with Crippen LogP contribution in [0.25, 0.3) is 0 Å². The van der Waals surface area contributed by atoms with Crippen LogP contribution >= 0.6 is 0 Å². The minimum Gasteiger partial charge on any atom is -0.392 e. The van der Waals surface area contributed by atoms with E-state index < -0.39 is 0 Å². The highest BCUT2D eigenvalue weighted by Crippen LogP contribution is 2.26. The number of hydrogen-bond acceptors (Lipinski definition) is 2. The lowest BCUT2D eigenvalue weighted by Crippen LogP contribution is -2.48. The smallest absolute Gasteiger partial charge is 0.0693 e. The maximum atomic E-state index is 9.90. The van der Waals surface area contributed by atoms with Crippen molar-refractivity contribution in [2.24, 2.45) is 5.92 Å². The summed E-state index contributed by atoms with van der Waals surface area (Å²) in [6.07, 6.45) is 9.96. The fraction of sp³-hybridized carbons (Fsp3) is 1.00. The van der Waals surface area contributed by atoms with Gasteiger partial charge in [0.25, 0.3) is 0 Å². The first-order chi connectivity index (χ1) is 7.25. The molecule has 2 saturated carbocycles. The molecule has 0 aromatic rings. The maximum absolute atomic E-state index is 9.90. The summed E-state index contributed by atoms with van der Waals surface area (Å²) in [7, 11) is 0. The zero-order valence-corrected chi connectivity index (χ0v) is 9.91. The van der Waals surface area contributed by atoms with Crippen molar-refractivity contribution in [3.63, 3.8) is 0 Å². The molecule has 0 bridgehead atoms. The second-order valence-electron chi connectivity index (χ2n) is 5.59. The summed E-state index contributed by atoms with van der Waals surface area (Å²) in [6, 6.07) is 1.06. The largest absolute Gasteiger partial charge is 0.392 e. The van der Waals surface area contributed by atoms with Crippen molar-refractivity contribution in [2.45, 2.75) is 76.5 Å². The molecule has 2 nitrogen and oxygen atoms in total. The molecule has 2 N–H and O–H groups in total. The van der Waals surface area contributed by atoms with Crippen LogP contribution in [0.5, 0.6) is 0 Å². The minimum atomic E-state index is -0.0871. The van der Waals surface area contributed by atoms with Gasteiger partial charge < -0.3 is 10.4 Å². The number of aliphatic hydroxyl groups is 1. The Balaban J connectivity index is 1.79. The first-order valence-electron chi connectivity index (χ1n) is 6.70. The predicted molar refractivity (Wildman–Crippen MR) is 62.8 cm³/mol. The van der Waals surface area contributed by atoms with Gasteiger partial charge in [-0.2, -0.15) is 0 Å². The fourth-order valence-corrected chi connectivity index (χ4v) is 3.19. The van der Waals surface area contributed by atoms with Crippen LogP contribution in [-0.4, -0.2) is 23.3 Å². The lowest BCUT2D eigenvalue weighted by Gasteiger charge is -2.35. The Morgan fingerprint density at radius 2 is 1.80 bits per heavy atom. The average molecular weight is 211 g/mol. The molecule has 0 heterocycles. The van der Waals surface area contributed by atoms with E-state index >= 15 is 0 Å². The fourth-order valence-electron chi connectivity index (χ4n) is 3.19. The monoisotopic (exact) mass is 211 g/mol. The van der Waals surface area contributed by atoms with E-state index in [4.69, 9.17) is 0 Å². The molecule has 4 atom stereocenters. The topological polar surface area (TPSA) is 32.3 Å². The number of hydrogen-bond donors (Lipinski definition) is 2. The predicted octanol–water partition coefficient (Wildman–Crippen LogP) is 2.46. The molecule has 2 aliphatic rings. The molecule has 0 aliphatic heterocycles. The van der Waals surface area contributed by atoms with Crippen molar-refractivity contribution in [2.75, 3.05) is 0 Å². The normalized spacial score (nSPS) is 42.8. The Morgan fingerprint density at radius 3 is 2.53 bits per heavy atom. The average Bonchev–Trinajstić information content (AvgIpc) is 2.22. The van der Waals surface area contributed by atoms with Gasteiger partial charge in [-0.15, -0.1) is 0 Å². The summed E-state index contributed by atoms with van der Waals surface area (Å²) in [5.74, 6) is 0.872. The second kappa shape index (κ2) is 5.31. The Kier molecular flexibility index (Phi) is 4.04. The summed E-state index contributed by atoms with van der Waals surface area (Å²) in [6.45, 7) is 2.35. The molecule has 2 rings (SSSR count). The summed E-state index contributed by atoms with van der Waals surface area (Å²) in [5, 5.41) is 13.6. The van der Waals surface area contributed by atoms with Crippen LogP contribution in [0.1, 0.15) is 58.3 Å². The third-order valence-electron chi connectivity index (χ3n) is 4.12. The molecule has 0 saturated heterocycles. The van der Waals surface area contributed by atoms with E-state index in [1.165, 1.54) is 44.9 Å². The number of rotatable bonds is 2. The highest BCUT2D eigenvalue weighted by Gasteiger charge is 2.27. The first-order valence-corrected chi connectivity index (χ1v) is 6.70. The van der Waals surface area contributed by atoms with E-state index in [2.05, 4.69) is 12.2 Å². The molecule has 88 valence electrons. The standard InChI is InChI=1S/C13H25NO/c1-10-5-4-6-11(9-10)14-12-7-2-3-8-13(12)15/h10-15H,2-9H2,1H3/t10-,11-,12+,13-/m0/s1. The maximum Gasteiger partial charge on any atom is 0.0693 e. The summed E-state index contributed by atoms with van der Waals surface area (Å²) >= 11 is 0. The van der Waals surface area contributed by atoms with Crippen LogP contribution in [0.15, 0.2) is 0 Å². The van der Waals surface area contributed by atoms with E-state index in [0.717, 1.165) is 12.3 Å². The van der Waals surface area contributed by atoms with Crippen LogP contribution in [0, 0.1) is 5.92 Å². The summed E-state index contributed by atoms with van der Waals surface area (Å²) in [5.41, 5.74) is 0. The van der Waals surface area contributed by atoms with Gasteiger partial charge in [0.05, 0.1) is 6.10 Å². The van der Waals surface area contributed by atoms with Crippen molar-refractivity contribution >= 4 is 0 Å². The van der Waals surface area contributed by atoms with Crippen LogP contribution in [0.3, 0.4) is 0 Å². The van der Waals surface area contributed by atoms with E-state index in [-0.39, 0.29) is 6.10 Å². The van der Waals surface area contributed by atoms with Gasteiger partial charge in [-0.05, 0) is 31.6 Å². The SMILES string of the molecule is C[C@H]1CCC[C@H](N[C@@H]2CCCC[C@@H]2O)C1. The highest BCUT2D eigenvalue weighted by molar-refractivity contribution is 4.85. The summed E-state index contributed by atoms with van der Waals surface area (Å²) < 4.78 is 0. The molecule has 0 amide bonds. The van der Waals surface area contributed by atoms with Crippen molar-refractivity contribution in [3.05, 3.63) is 0 Å². The third-order valence-corrected chi connectivity index (χ3v) is 4.12. The zero-order valence-electron chi connectivity index (χ0n) is 9.91.